The summed E-state index contributed by atoms with van der Waals surface area (Å²) in [5.74, 6) is -0.392. The lowest BCUT2D eigenvalue weighted by Gasteiger charge is -2.11. The predicted molar refractivity (Wildman–Crippen MR) is 157 cm³/mol. The van der Waals surface area contributed by atoms with Crippen LogP contribution in [0.3, 0.4) is 0 Å². The van der Waals surface area contributed by atoms with Gasteiger partial charge in [0.05, 0.1) is 6.54 Å². The highest BCUT2D eigenvalue weighted by molar-refractivity contribution is 5.96. The summed E-state index contributed by atoms with van der Waals surface area (Å²) in [5, 5.41) is 11.7. The van der Waals surface area contributed by atoms with Crippen LogP contribution in [0.4, 0.5) is 22.7 Å². The first-order valence-corrected chi connectivity index (χ1v) is 12.9. The lowest BCUT2D eigenvalue weighted by atomic mass is 10.1. The first kappa shape index (κ1) is 27.1. The second kappa shape index (κ2) is 14.1. The van der Waals surface area contributed by atoms with Crippen LogP contribution in [0, 0.1) is 0 Å². The molecule has 4 aromatic carbocycles. The van der Waals surface area contributed by atoms with Crippen molar-refractivity contribution in [2.45, 2.75) is 25.7 Å². The second-order valence-corrected chi connectivity index (χ2v) is 9.13. The molecule has 198 valence electrons. The zero-order valence-electron chi connectivity index (χ0n) is 21.7. The molecular weight excluding hydrogens is 488 g/mol. The molecule has 7 heteroatoms. The molecule has 39 heavy (non-hydrogen) atoms. The molecule has 4 aromatic rings. The normalized spacial score (nSPS) is 10.4. The average molecular weight is 521 g/mol. The van der Waals surface area contributed by atoms with Gasteiger partial charge < -0.3 is 21.3 Å². The molecular formula is C32H32N4O3. The Bertz CT molecular complexity index is 1390. The molecule has 0 unspecified atom stereocenters. The summed E-state index contributed by atoms with van der Waals surface area (Å²) >= 11 is 0. The number of carbonyl (C=O) groups excluding carboxylic acids is 3. The van der Waals surface area contributed by atoms with Gasteiger partial charge in [-0.05, 0) is 60.4 Å². The van der Waals surface area contributed by atoms with Crippen molar-refractivity contribution in [3.63, 3.8) is 0 Å². The predicted octanol–water partition coefficient (Wildman–Crippen LogP) is 5.88. The topological polar surface area (TPSA) is 99.3 Å². The minimum Gasteiger partial charge on any atom is -0.376 e. The summed E-state index contributed by atoms with van der Waals surface area (Å²) < 4.78 is 0. The molecule has 0 saturated carbocycles. The smallest absolute Gasteiger partial charge is 0.243 e. The van der Waals surface area contributed by atoms with Crippen LogP contribution in [-0.2, 0) is 27.2 Å². The van der Waals surface area contributed by atoms with Crippen molar-refractivity contribution in [3.05, 3.63) is 120 Å². The van der Waals surface area contributed by atoms with Gasteiger partial charge in [-0.1, -0.05) is 72.8 Å². The van der Waals surface area contributed by atoms with Crippen molar-refractivity contribution >= 4 is 40.5 Å². The Labute approximate surface area is 228 Å². The largest absolute Gasteiger partial charge is 0.376 e. The highest BCUT2D eigenvalue weighted by Gasteiger charge is 2.08. The third kappa shape index (κ3) is 9.48. The Morgan fingerprint density at radius 3 is 1.36 bits per heavy atom. The van der Waals surface area contributed by atoms with Crippen molar-refractivity contribution < 1.29 is 14.4 Å². The summed E-state index contributed by atoms with van der Waals surface area (Å²) in [6, 6.07) is 34.0. The number of anilines is 4. The van der Waals surface area contributed by atoms with Gasteiger partial charge in [0.1, 0.15) is 0 Å². The maximum absolute atomic E-state index is 12.5. The molecule has 3 amide bonds. The molecule has 0 radical (unpaired) electrons. The van der Waals surface area contributed by atoms with E-state index in [4.69, 9.17) is 0 Å². The first-order valence-electron chi connectivity index (χ1n) is 12.9. The first-order chi connectivity index (χ1) is 19.0. The standard InChI is InChI=1S/C32H32N4O3/c37-30(19-17-24-9-3-1-4-10-24)34-27-14-7-13-26(21-27)33-23-32(39)36-29-16-8-15-28(22-29)35-31(38)20-18-25-11-5-2-6-12-25/h1-16,21-22,33H,17-20,23H2,(H,34,37)(H,35,38)(H,36,39). The molecule has 0 aromatic heterocycles. The van der Waals surface area contributed by atoms with Crippen LogP contribution < -0.4 is 21.3 Å². The van der Waals surface area contributed by atoms with Gasteiger partial charge in [0.25, 0.3) is 0 Å². The molecule has 0 spiro atoms. The van der Waals surface area contributed by atoms with Crippen LogP contribution in [0.5, 0.6) is 0 Å². The monoisotopic (exact) mass is 520 g/mol. The van der Waals surface area contributed by atoms with E-state index in [1.807, 2.05) is 78.9 Å². The molecule has 0 bridgehead atoms. The number of rotatable bonds is 12. The van der Waals surface area contributed by atoms with Gasteiger partial charge in [0.15, 0.2) is 0 Å². The van der Waals surface area contributed by atoms with Crippen LogP contribution in [0.15, 0.2) is 109 Å². The Balaban J connectivity index is 1.21. The third-order valence-corrected chi connectivity index (χ3v) is 6.00. The van der Waals surface area contributed by atoms with Crippen LogP contribution >= 0.6 is 0 Å². The zero-order chi connectivity index (χ0) is 27.3. The number of carbonyl (C=O) groups is 3. The molecule has 0 heterocycles. The van der Waals surface area contributed by atoms with E-state index in [9.17, 15) is 14.4 Å². The van der Waals surface area contributed by atoms with Crippen molar-refractivity contribution in [2.24, 2.45) is 0 Å². The number of aryl methyl sites for hydroxylation is 2. The van der Waals surface area contributed by atoms with Gasteiger partial charge in [0.2, 0.25) is 17.7 Å². The molecule has 4 rings (SSSR count). The maximum Gasteiger partial charge on any atom is 0.243 e. The Hall–Kier alpha value is -4.91. The number of benzene rings is 4. The number of nitrogens with one attached hydrogen (secondary N) is 4. The second-order valence-electron chi connectivity index (χ2n) is 9.13. The number of hydrogen-bond donors (Lipinski definition) is 4. The van der Waals surface area contributed by atoms with Gasteiger partial charge in [-0.15, -0.1) is 0 Å². The van der Waals surface area contributed by atoms with E-state index in [1.54, 1.807) is 30.3 Å². The van der Waals surface area contributed by atoms with E-state index >= 15 is 0 Å². The van der Waals surface area contributed by atoms with E-state index in [-0.39, 0.29) is 24.3 Å². The van der Waals surface area contributed by atoms with Crippen molar-refractivity contribution in [2.75, 3.05) is 27.8 Å². The molecule has 0 aliphatic carbocycles. The summed E-state index contributed by atoms with van der Waals surface area (Å²) in [7, 11) is 0. The zero-order valence-corrected chi connectivity index (χ0v) is 21.7. The van der Waals surface area contributed by atoms with E-state index in [0.29, 0.717) is 48.4 Å². The van der Waals surface area contributed by atoms with Crippen LogP contribution in [0.2, 0.25) is 0 Å². The molecule has 0 atom stereocenters. The molecule has 7 nitrogen and oxygen atoms in total. The van der Waals surface area contributed by atoms with E-state index in [2.05, 4.69) is 21.3 Å². The molecule has 4 N–H and O–H groups in total. The van der Waals surface area contributed by atoms with Crippen molar-refractivity contribution in [1.82, 2.24) is 0 Å². The summed E-state index contributed by atoms with van der Waals surface area (Å²) in [5.41, 5.74) is 4.80. The SMILES string of the molecule is O=C(CCc1ccccc1)Nc1cccc(NCC(=O)Nc2cccc(NC(=O)CCc3ccccc3)c2)c1. The maximum atomic E-state index is 12.5. The number of hydrogen-bond acceptors (Lipinski definition) is 4. The van der Waals surface area contributed by atoms with Gasteiger partial charge in [-0.2, -0.15) is 0 Å². The molecule has 0 aliphatic heterocycles. The molecule has 0 saturated heterocycles. The Morgan fingerprint density at radius 2 is 0.872 bits per heavy atom. The summed E-state index contributed by atoms with van der Waals surface area (Å²) in [6.07, 6.45) is 2.09. The van der Waals surface area contributed by atoms with Gasteiger partial charge >= 0.3 is 0 Å². The summed E-state index contributed by atoms with van der Waals surface area (Å²) in [6.45, 7) is 0.0407. The highest BCUT2D eigenvalue weighted by Crippen LogP contribution is 2.18. The van der Waals surface area contributed by atoms with Crippen LogP contribution in [-0.4, -0.2) is 24.3 Å². The fraction of sp³-hybridized carbons (Fsp3) is 0.156. The van der Waals surface area contributed by atoms with Gasteiger partial charge in [-0.3, -0.25) is 14.4 Å². The fourth-order valence-electron chi connectivity index (χ4n) is 4.02. The average Bonchev–Trinajstić information content (AvgIpc) is 2.95. The lowest BCUT2D eigenvalue weighted by molar-refractivity contribution is -0.117. The van der Waals surface area contributed by atoms with E-state index < -0.39 is 0 Å². The third-order valence-electron chi connectivity index (χ3n) is 6.00. The van der Waals surface area contributed by atoms with Crippen molar-refractivity contribution in [1.29, 1.82) is 0 Å². The van der Waals surface area contributed by atoms with Crippen molar-refractivity contribution in [3.8, 4) is 0 Å². The quantitative estimate of drug-likeness (QED) is 0.187. The van der Waals surface area contributed by atoms with E-state index in [0.717, 1.165) is 11.1 Å². The Morgan fingerprint density at radius 1 is 0.462 bits per heavy atom. The Kier molecular flexibility index (Phi) is 9.84. The summed E-state index contributed by atoms with van der Waals surface area (Å²) in [4.78, 5) is 37.2. The molecule has 0 aliphatic rings. The lowest BCUT2D eigenvalue weighted by Crippen LogP contribution is -2.22. The minimum atomic E-state index is -0.236. The van der Waals surface area contributed by atoms with E-state index in [1.165, 1.54) is 0 Å². The fourth-order valence-corrected chi connectivity index (χ4v) is 4.02. The molecule has 0 fully saturated rings. The van der Waals surface area contributed by atoms with Crippen LogP contribution in [0.1, 0.15) is 24.0 Å². The number of amides is 3. The van der Waals surface area contributed by atoms with Gasteiger partial charge in [0, 0.05) is 35.6 Å². The van der Waals surface area contributed by atoms with Gasteiger partial charge in [-0.25, -0.2) is 0 Å². The highest BCUT2D eigenvalue weighted by atomic mass is 16.2. The minimum absolute atomic E-state index is 0.0407. The van der Waals surface area contributed by atoms with Crippen LogP contribution in [0.25, 0.3) is 0 Å².